The van der Waals surface area contributed by atoms with Crippen LogP contribution in [0.25, 0.3) is 0 Å². The van der Waals surface area contributed by atoms with Crippen molar-refractivity contribution in [2.24, 2.45) is 17.3 Å². The number of hydrogen-bond donors (Lipinski definition) is 1. The van der Waals surface area contributed by atoms with E-state index >= 15 is 0 Å². The fourth-order valence-corrected chi connectivity index (χ4v) is 2.32. The van der Waals surface area contributed by atoms with Crippen molar-refractivity contribution in [3.63, 3.8) is 0 Å². The summed E-state index contributed by atoms with van der Waals surface area (Å²) in [5, 5.41) is 3.33. The molecular weight excluding hydrogens is 239 g/mol. The molecule has 4 heteroatoms. The van der Waals surface area contributed by atoms with E-state index in [-0.39, 0.29) is 17.9 Å². The first-order chi connectivity index (χ1) is 8.10. The van der Waals surface area contributed by atoms with E-state index in [1.54, 1.807) is 0 Å². The molecule has 0 radical (unpaired) electrons. The first-order valence-electron chi connectivity index (χ1n) is 6.91. The van der Waals surface area contributed by atoms with Gasteiger partial charge in [-0.25, -0.2) is 0 Å². The van der Waals surface area contributed by atoms with Gasteiger partial charge in [0.1, 0.15) is 0 Å². The summed E-state index contributed by atoms with van der Waals surface area (Å²) >= 11 is 0. The number of halogens is 3. The Hall–Kier alpha value is -0.250. The van der Waals surface area contributed by atoms with Gasteiger partial charge in [-0.3, -0.25) is 0 Å². The molecule has 0 aliphatic heterocycles. The van der Waals surface area contributed by atoms with Gasteiger partial charge in [0.05, 0.1) is 5.92 Å². The lowest BCUT2D eigenvalue weighted by Gasteiger charge is -2.34. The number of nitrogens with one attached hydrogen (secondary N) is 1. The molecule has 0 bridgehead atoms. The van der Waals surface area contributed by atoms with Crippen molar-refractivity contribution >= 4 is 0 Å². The lowest BCUT2D eigenvalue weighted by atomic mass is 9.81. The smallest absolute Gasteiger partial charge is 0.314 e. The summed E-state index contributed by atoms with van der Waals surface area (Å²) in [6, 6.07) is 0.0372. The molecule has 1 N–H and O–H groups in total. The Balaban J connectivity index is 2.40. The average Bonchev–Trinajstić information content (AvgIpc) is 2.23. The summed E-state index contributed by atoms with van der Waals surface area (Å²) in [5.41, 5.74) is 0.199. The zero-order valence-electron chi connectivity index (χ0n) is 11.9. The van der Waals surface area contributed by atoms with Crippen molar-refractivity contribution in [1.29, 1.82) is 0 Å². The minimum Gasteiger partial charge on any atom is -0.314 e. The molecule has 1 rings (SSSR count). The lowest BCUT2D eigenvalue weighted by molar-refractivity contribution is -0.183. The van der Waals surface area contributed by atoms with E-state index in [0.717, 1.165) is 13.0 Å². The molecule has 1 fully saturated rings. The maximum Gasteiger partial charge on any atom is 0.391 e. The quantitative estimate of drug-likeness (QED) is 0.798. The van der Waals surface area contributed by atoms with Crippen molar-refractivity contribution in [3.8, 4) is 0 Å². The van der Waals surface area contributed by atoms with Gasteiger partial charge >= 0.3 is 6.18 Å². The monoisotopic (exact) mass is 265 g/mol. The molecule has 3 atom stereocenters. The summed E-state index contributed by atoms with van der Waals surface area (Å²) in [4.78, 5) is 0. The minimum absolute atomic E-state index is 0.0372. The number of rotatable bonds is 3. The van der Waals surface area contributed by atoms with Gasteiger partial charge in [-0.2, -0.15) is 13.2 Å². The lowest BCUT2D eigenvalue weighted by Crippen LogP contribution is -2.41. The molecule has 3 unspecified atom stereocenters. The Morgan fingerprint density at radius 3 is 2.28 bits per heavy atom. The van der Waals surface area contributed by atoms with E-state index in [1.165, 1.54) is 0 Å². The first kappa shape index (κ1) is 15.8. The Morgan fingerprint density at radius 1 is 1.17 bits per heavy atom. The molecule has 0 spiro atoms. The van der Waals surface area contributed by atoms with Gasteiger partial charge in [0.2, 0.25) is 0 Å². The Bertz CT molecular complexity index is 255. The van der Waals surface area contributed by atoms with Crippen molar-refractivity contribution in [2.45, 2.75) is 65.6 Å². The third kappa shape index (κ3) is 4.79. The van der Waals surface area contributed by atoms with E-state index < -0.39 is 12.1 Å². The van der Waals surface area contributed by atoms with Gasteiger partial charge in [-0.15, -0.1) is 0 Å². The molecule has 108 valence electrons. The van der Waals surface area contributed by atoms with Gasteiger partial charge in [0, 0.05) is 6.04 Å². The molecule has 0 heterocycles. The van der Waals surface area contributed by atoms with Crippen LogP contribution >= 0.6 is 0 Å². The van der Waals surface area contributed by atoms with E-state index in [9.17, 15) is 13.2 Å². The van der Waals surface area contributed by atoms with Crippen LogP contribution in [0.4, 0.5) is 13.2 Å². The highest BCUT2D eigenvalue weighted by atomic mass is 19.4. The van der Waals surface area contributed by atoms with Gasteiger partial charge < -0.3 is 5.32 Å². The van der Waals surface area contributed by atoms with E-state index in [2.05, 4.69) is 33.0 Å². The maximum atomic E-state index is 12.7. The van der Waals surface area contributed by atoms with Gasteiger partial charge in [0.15, 0.2) is 0 Å². The molecule has 1 saturated carbocycles. The first-order valence-corrected chi connectivity index (χ1v) is 6.91. The summed E-state index contributed by atoms with van der Waals surface area (Å²) in [6.45, 7) is 9.45. The SMILES string of the molecule is CC(CNC1CCCC(C(F)(F)F)C1)C(C)(C)C. The molecular formula is C14H26F3N. The summed E-state index contributed by atoms with van der Waals surface area (Å²) < 4.78 is 38.0. The summed E-state index contributed by atoms with van der Waals surface area (Å²) in [5.74, 6) is -0.641. The second kappa shape index (κ2) is 5.81. The normalized spacial score (nSPS) is 28.2. The third-order valence-electron chi connectivity index (χ3n) is 4.33. The van der Waals surface area contributed by atoms with Gasteiger partial charge in [-0.05, 0) is 37.1 Å². The van der Waals surface area contributed by atoms with E-state index in [0.29, 0.717) is 18.8 Å². The largest absolute Gasteiger partial charge is 0.391 e. The second-order valence-electron chi connectivity index (χ2n) is 6.78. The molecule has 0 saturated heterocycles. The van der Waals surface area contributed by atoms with Crippen molar-refractivity contribution < 1.29 is 13.2 Å². The summed E-state index contributed by atoms with van der Waals surface area (Å²) in [7, 11) is 0. The predicted molar refractivity (Wildman–Crippen MR) is 68.4 cm³/mol. The third-order valence-corrected chi connectivity index (χ3v) is 4.33. The van der Waals surface area contributed by atoms with Crippen LogP contribution in [-0.2, 0) is 0 Å². The highest BCUT2D eigenvalue weighted by Gasteiger charge is 2.42. The number of alkyl halides is 3. The fourth-order valence-electron chi connectivity index (χ4n) is 2.32. The molecule has 1 aliphatic rings. The van der Waals surface area contributed by atoms with Crippen LogP contribution < -0.4 is 5.32 Å². The van der Waals surface area contributed by atoms with E-state index in [4.69, 9.17) is 0 Å². The van der Waals surface area contributed by atoms with Gasteiger partial charge in [-0.1, -0.05) is 34.1 Å². The minimum atomic E-state index is -4.02. The second-order valence-corrected chi connectivity index (χ2v) is 6.78. The highest BCUT2D eigenvalue weighted by Crippen LogP contribution is 2.37. The fraction of sp³-hybridized carbons (Fsp3) is 1.00. The van der Waals surface area contributed by atoms with Crippen molar-refractivity contribution in [1.82, 2.24) is 5.32 Å². The highest BCUT2D eigenvalue weighted by molar-refractivity contribution is 4.83. The zero-order valence-corrected chi connectivity index (χ0v) is 11.9. The van der Waals surface area contributed by atoms with Crippen LogP contribution in [-0.4, -0.2) is 18.8 Å². The Labute approximate surface area is 109 Å². The van der Waals surface area contributed by atoms with Gasteiger partial charge in [0.25, 0.3) is 0 Å². The molecule has 1 aliphatic carbocycles. The van der Waals surface area contributed by atoms with E-state index in [1.807, 2.05) is 0 Å². The van der Waals surface area contributed by atoms with Crippen LogP contribution in [0.2, 0.25) is 0 Å². The topological polar surface area (TPSA) is 12.0 Å². The molecule has 0 aromatic heterocycles. The standard InChI is InChI=1S/C14H26F3N/c1-10(13(2,3)4)9-18-12-7-5-6-11(8-12)14(15,16)17/h10-12,18H,5-9H2,1-4H3. The average molecular weight is 265 g/mol. The molecule has 18 heavy (non-hydrogen) atoms. The van der Waals surface area contributed by atoms with Crippen molar-refractivity contribution in [2.75, 3.05) is 6.54 Å². The van der Waals surface area contributed by atoms with Crippen LogP contribution in [0.1, 0.15) is 53.4 Å². The van der Waals surface area contributed by atoms with Crippen LogP contribution in [0.5, 0.6) is 0 Å². The van der Waals surface area contributed by atoms with Crippen LogP contribution in [0.15, 0.2) is 0 Å². The van der Waals surface area contributed by atoms with Crippen molar-refractivity contribution in [3.05, 3.63) is 0 Å². The molecule has 0 aromatic carbocycles. The Morgan fingerprint density at radius 2 is 1.78 bits per heavy atom. The predicted octanol–water partition coefficient (Wildman–Crippen LogP) is 4.38. The molecule has 0 aromatic rings. The molecule has 1 nitrogen and oxygen atoms in total. The Kier molecular flexibility index (Phi) is 5.10. The van der Waals surface area contributed by atoms with Crippen LogP contribution in [0, 0.1) is 17.3 Å². The number of hydrogen-bond acceptors (Lipinski definition) is 1. The molecule has 0 amide bonds. The van der Waals surface area contributed by atoms with Crippen LogP contribution in [0.3, 0.4) is 0 Å². The zero-order chi connectivity index (χ0) is 14.0. The summed E-state index contributed by atoms with van der Waals surface area (Å²) in [6.07, 6.45) is -1.90. The maximum absolute atomic E-state index is 12.7.